The number of nitrogens with zero attached hydrogens (tertiary/aromatic N) is 1. The molecule has 3 nitrogen and oxygen atoms in total. The zero-order valence-electron chi connectivity index (χ0n) is 12.6. The van der Waals surface area contributed by atoms with Crippen LogP contribution in [-0.4, -0.2) is 37.7 Å². The van der Waals surface area contributed by atoms with Crippen molar-refractivity contribution in [2.75, 3.05) is 20.7 Å². The Balaban J connectivity index is 1.82. The first-order chi connectivity index (χ1) is 10.3. The van der Waals surface area contributed by atoms with Crippen LogP contribution in [0.15, 0.2) is 24.3 Å². The van der Waals surface area contributed by atoms with Gasteiger partial charge in [0.15, 0.2) is 11.5 Å². The Labute approximate surface area is 125 Å². The Morgan fingerprint density at radius 1 is 1.38 bits per heavy atom. The van der Waals surface area contributed by atoms with Crippen molar-refractivity contribution in [3.63, 3.8) is 0 Å². The summed E-state index contributed by atoms with van der Waals surface area (Å²) in [6.07, 6.45) is 8.47. The molecule has 110 valence electrons. The van der Waals surface area contributed by atoms with E-state index in [-0.39, 0.29) is 5.41 Å². The molecule has 2 aliphatic carbocycles. The van der Waals surface area contributed by atoms with Gasteiger partial charge in [-0.1, -0.05) is 18.2 Å². The Kier molecular flexibility index (Phi) is 2.21. The van der Waals surface area contributed by atoms with E-state index in [9.17, 15) is 0 Å². The van der Waals surface area contributed by atoms with Crippen LogP contribution in [0, 0.1) is 5.92 Å². The highest BCUT2D eigenvalue weighted by atomic mass is 16.5. The third kappa shape index (κ3) is 1.25. The van der Waals surface area contributed by atoms with Gasteiger partial charge in [0.25, 0.3) is 0 Å². The van der Waals surface area contributed by atoms with Gasteiger partial charge >= 0.3 is 0 Å². The highest BCUT2D eigenvalue weighted by Crippen LogP contribution is 2.62. The summed E-state index contributed by atoms with van der Waals surface area (Å²) in [5.41, 5.74) is 3.16. The molecule has 4 atom stereocenters. The largest absolute Gasteiger partial charge is 0.493 e. The lowest BCUT2D eigenvalue weighted by molar-refractivity contribution is 0.00197. The zero-order valence-corrected chi connectivity index (χ0v) is 12.6. The number of benzene rings is 1. The molecule has 4 aliphatic rings. The van der Waals surface area contributed by atoms with Crippen LogP contribution in [0.25, 0.3) is 0 Å². The SMILES string of the molecule is COc1ccc2c3c1O[C@H]1CC=C[C@H]4[C@H](C2)N(C)CC[C@]314. The summed E-state index contributed by atoms with van der Waals surface area (Å²) in [4.78, 5) is 2.55. The van der Waals surface area contributed by atoms with Gasteiger partial charge in [-0.3, -0.25) is 0 Å². The molecule has 2 heterocycles. The number of likely N-dealkylation sites (tertiary alicyclic amines) is 1. The quantitative estimate of drug-likeness (QED) is 0.739. The van der Waals surface area contributed by atoms with Gasteiger partial charge in [0, 0.05) is 29.4 Å². The molecule has 0 radical (unpaired) electrons. The number of rotatable bonds is 1. The minimum Gasteiger partial charge on any atom is -0.493 e. The van der Waals surface area contributed by atoms with Crippen LogP contribution in [-0.2, 0) is 11.8 Å². The molecular formula is C18H21NO2. The summed E-state index contributed by atoms with van der Waals surface area (Å²) in [6, 6.07) is 4.98. The van der Waals surface area contributed by atoms with Gasteiger partial charge in [-0.2, -0.15) is 0 Å². The van der Waals surface area contributed by atoms with E-state index in [2.05, 4.69) is 36.2 Å². The number of ether oxygens (including phenoxy) is 2. The minimum absolute atomic E-state index is 0.198. The van der Waals surface area contributed by atoms with Crippen molar-refractivity contribution in [2.24, 2.45) is 5.92 Å². The third-order valence-electron chi connectivity index (χ3n) is 6.30. The number of methoxy groups -OCH3 is 1. The second-order valence-corrected chi connectivity index (χ2v) is 6.97. The second kappa shape index (κ2) is 3.83. The first kappa shape index (κ1) is 12.1. The fourth-order valence-electron chi connectivity index (χ4n) is 5.36. The number of hydrogen-bond acceptors (Lipinski definition) is 3. The maximum Gasteiger partial charge on any atom is 0.165 e. The summed E-state index contributed by atoms with van der Waals surface area (Å²) in [5.74, 6) is 2.54. The van der Waals surface area contributed by atoms with Crippen LogP contribution in [0.5, 0.6) is 11.5 Å². The summed E-state index contributed by atoms with van der Waals surface area (Å²) >= 11 is 0. The summed E-state index contributed by atoms with van der Waals surface area (Å²) in [7, 11) is 4.03. The molecule has 1 fully saturated rings. The number of piperidine rings is 1. The minimum atomic E-state index is 0.198. The smallest absolute Gasteiger partial charge is 0.165 e. The molecule has 0 amide bonds. The van der Waals surface area contributed by atoms with E-state index in [1.165, 1.54) is 24.1 Å². The monoisotopic (exact) mass is 283 g/mol. The molecule has 3 heteroatoms. The zero-order chi connectivity index (χ0) is 14.2. The van der Waals surface area contributed by atoms with E-state index >= 15 is 0 Å². The van der Waals surface area contributed by atoms with Gasteiger partial charge in [-0.05, 0) is 38.1 Å². The van der Waals surface area contributed by atoms with E-state index in [1.54, 1.807) is 7.11 Å². The third-order valence-corrected chi connectivity index (χ3v) is 6.30. The predicted octanol–water partition coefficient (Wildman–Crippen LogP) is 2.53. The van der Waals surface area contributed by atoms with Crippen LogP contribution < -0.4 is 9.47 Å². The molecule has 1 spiro atoms. The summed E-state index contributed by atoms with van der Waals surface area (Å²) < 4.78 is 12.0. The highest BCUT2D eigenvalue weighted by molar-refractivity contribution is 5.61. The summed E-state index contributed by atoms with van der Waals surface area (Å²) in [6.45, 7) is 1.17. The fraction of sp³-hybridized carbons (Fsp3) is 0.556. The van der Waals surface area contributed by atoms with Crippen molar-refractivity contribution in [1.82, 2.24) is 4.90 Å². The molecule has 1 aromatic carbocycles. The maximum absolute atomic E-state index is 6.44. The molecule has 5 rings (SSSR count). The first-order valence-electron chi connectivity index (χ1n) is 7.99. The normalized spacial score (nSPS) is 38.9. The lowest BCUT2D eigenvalue weighted by Crippen LogP contribution is -2.62. The van der Waals surface area contributed by atoms with E-state index in [1.807, 2.05) is 0 Å². The van der Waals surface area contributed by atoms with Crippen molar-refractivity contribution < 1.29 is 9.47 Å². The fourth-order valence-corrected chi connectivity index (χ4v) is 5.36. The van der Waals surface area contributed by atoms with Crippen LogP contribution in [0.2, 0.25) is 0 Å². The lowest BCUT2D eigenvalue weighted by atomic mass is 9.54. The number of hydrogen-bond donors (Lipinski definition) is 0. The van der Waals surface area contributed by atoms with Gasteiger partial charge in [-0.25, -0.2) is 0 Å². The molecular weight excluding hydrogens is 262 g/mol. The first-order valence-corrected chi connectivity index (χ1v) is 7.99. The van der Waals surface area contributed by atoms with Gasteiger partial charge in [0.2, 0.25) is 0 Å². The Bertz CT molecular complexity index is 653. The van der Waals surface area contributed by atoms with Gasteiger partial charge in [-0.15, -0.1) is 0 Å². The van der Waals surface area contributed by atoms with Gasteiger partial charge in [0.1, 0.15) is 6.10 Å². The van der Waals surface area contributed by atoms with E-state index < -0.39 is 0 Å². The molecule has 0 unspecified atom stereocenters. The van der Waals surface area contributed by atoms with E-state index in [4.69, 9.17) is 9.47 Å². The molecule has 2 bridgehead atoms. The average Bonchev–Trinajstić information content (AvgIpc) is 2.84. The van der Waals surface area contributed by atoms with Crippen molar-refractivity contribution in [3.05, 3.63) is 35.4 Å². The van der Waals surface area contributed by atoms with Crippen molar-refractivity contribution >= 4 is 0 Å². The van der Waals surface area contributed by atoms with Crippen LogP contribution in [0.3, 0.4) is 0 Å². The van der Waals surface area contributed by atoms with E-state index in [0.29, 0.717) is 18.1 Å². The van der Waals surface area contributed by atoms with Gasteiger partial charge in [0.05, 0.1) is 7.11 Å². The lowest BCUT2D eigenvalue weighted by Gasteiger charge is -2.55. The molecule has 1 aromatic rings. The number of likely N-dealkylation sites (N-methyl/N-ethyl adjacent to an activating group) is 1. The standard InChI is InChI=1S/C18H21NO2/c1-19-9-8-18-12-4-3-5-15(18)21-17-14(20-2)7-6-11(16(17)18)10-13(12)19/h3-4,6-7,12-13,15H,5,8-10H2,1-2H3/t12-,13-,15-,18+/m0/s1. The molecule has 0 N–H and O–H groups in total. The summed E-state index contributed by atoms with van der Waals surface area (Å²) in [5, 5.41) is 0. The van der Waals surface area contributed by atoms with Crippen molar-refractivity contribution in [2.45, 2.75) is 36.8 Å². The second-order valence-electron chi connectivity index (χ2n) is 6.97. The Morgan fingerprint density at radius 2 is 2.29 bits per heavy atom. The Hall–Kier alpha value is -1.48. The highest BCUT2D eigenvalue weighted by Gasteiger charge is 2.62. The molecule has 21 heavy (non-hydrogen) atoms. The Morgan fingerprint density at radius 3 is 3.14 bits per heavy atom. The van der Waals surface area contributed by atoms with Crippen molar-refractivity contribution in [3.8, 4) is 11.5 Å². The predicted molar refractivity (Wildman–Crippen MR) is 81.1 cm³/mol. The molecule has 0 aromatic heterocycles. The van der Waals surface area contributed by atoms with Crippen LogP contribution in [0.4, 0.5) is 0 Å². The van der Waals surface area contributed by atoms with Gasteiger partial charge < -0.3 is 14.4 Å². The molecule has 2 aliphatic heterocycles. The van der Waals surface area contributed by atoms with E-state index in [0.717, 1.165) is 24.3 Å². The average molecular weight is 283 g/mol. The molecule has 0 saturated carbocycles. The van der Waals surface area contributed by atoms with Crippen LogP contribution in [0.1, 0.15) is 24.0 Å². The molecule has 1 saturated heterocycles. The topological polar surface area (TPSA) is 21.7 Å². The van der Waals surface area contributed by atoms with Crippen molar-refractivity contribution in [1.29, 1.82) is 0 Å². The van der Waals surface area contributed by atoms with Crippen LogP contribution >= 0.6 is 0 Å². The maximum atomic E-state index is 6.44.